The van der Waals surface area contributed by atoms with Gasteiger partial charge in [-0.2, -0.15) is 0 Å². The number of nitrogens with zero attached hydrogens (tertiary/aromatic N) is 2. The number of nitrogens with one attached hydrogen (secondary N) is 1. The number of amides is 2. The quantitative estimate of drug-likeness (QED) is 0.846. The second-order valence-corrected chi connectivity index (χ2v) is 5.63. The van der Waals surface area contributed by atoms with Gasteiger partial charge in [0.25, 0.3) is 0 Å². The lowest BCUT2D eigenvalue weighted by Crippen LogP contribution is -2.66. The Kier molecular flexibility index (Phi) is 2.91. The van der Waals surface area contributed by atoms with Gasteiger partial charge in [0.1, 0.15) is 16.6 Å². The molecule has 1 atom stereocenters. The Balaban J connectivity index is 2.23. The smallest absolute Gasteiger partial charge is 0.248 e. The highest BCUT2D eigenvalue weighted by Gasteiger charge is 2.43. The number of carbonyl (C=O) groups excluding carboxylic acids is 2. The van der Waals surface area contributed by atoms with Crippen LogP contribution in [-0.2, 0) is 16.1 Å². The van der Waals surface area contributed by atoms with E-state index in [1.165, 1.54) is 11.3 Å². The van der Waals surface area contributed by atoms with Crippen LogP contribution in [0.25, 0.3) is 0 Å². The van der Waals surface area contributed by atoms with E-state index in [2.05, 4.69) is 10.3 Å². The van der Waals surface area contributed by atoms with E-state index < -0.39 is 11.6 Å². The van der Waals surface area contributed by atoms with Gasteiger partial charge in [0.05, 0.1) is 6.54 Å². The molecule has 1 aromatic rings. The molecule has 6 heteroatoms. The fourth-order valence-corrected chi connectivity index (χ4v) is 2.44. The summed E-state index contributed by atoms with van der Waals surface area (Å²) in [5.74, 6) is -0.189. The minimum absolute atomic E-state index is 0.0696. The molecule has 1 N–H and O–H groups in total. The first kappa shape index (κ1) is 12.0. The van der Waals surface area contributed by atoms with Gasteiger partial charge in [0.15, 0.2) is 0 Å². The number of carbonyl (C=O) groups is 2. The van der Waals surface area contributed by atoms with E-state index >= 15 is 0 Å². The van der Waals surface area contributed by atoms with Crippen LogP contribution in [0.3, 0.4) is 0 Å². The Labute approximate surface area is 104 Å². The average Bonchev–Trinajstić information content (AvgIpc) is 2.74. The maximum absolute atomic E-state index is 12.2. The van der Waals surface area contributed by atoms with Crippen molar-refractivity contribution < 1.29 is 9.59 Å². The summed E-state index contributed by atoms with van der Waals surface area (Å²) in [7, 11) is 0. The maximum atomic E-state index is 12.2. The minimum atomic E-state index is -0.832. The Morgan fingerprint density at radius 1 is 1.53 bits per heavy atom. The molecule has 2 amide bonds. The summed E-state index contributed by atoms with van der Waals surface area (Å²) >= 11 is 1.49. The fourth-order valence-electron chi connectivity index (χ4n) is 1.83. The summed E-state index contributed by atoms with van der Waals surface area (Å²) in [5, 5.41) is 5.42. The lowest BCUT2D eigenvalue weighted by molar-refractivity contribution is -0.153. The molecule has 0 aliphatic carbocycles. The lowest BCUT2D eigenvalue weighted by atomic mass is 9.97. The second kappa shape index (κ2) is 4.10. The molecule has 1 saturated heterocycles. The van der Waals surface area contributed by atoms with Crippen LogP contribution in [0, 0.1) is 0 Å². The molecular weight excluding hydrogens is 238 g/mol. The average molecular weight is 253 g/mol. The molecule has 2 rings (SSSR count). The molecule has 0 aromatic carbocycles. The van der Waals surface area contributed by atoms with E-state index in [4.69, 9.17) is 0 Å². The van der Waals surface area contributed by atoms with Crippen molar-refractivity contribution in [2.75, 3.05) is 0 Å². The molecule has 0 radical (unpaired) electrons. The summed E-state index contributed by atoms with van der Waals surface area (Å²) in [5.41, 5.74) is -0.832. The molecule has 1 aromatic heterocycles. The first-order valence-corrected chi connectivity index (χ1v) is 6.31. The summed E-state index contributed by atoms with van der Waals surface area (Å²) in [6, 6.07) is -0.445. The number of piperazine rings is 1. The van der Waals surface area contributed by atoms with Crippen molar-refractivity contribution in [1.82, 2.24) is 15.2 Å². The largest absolute Gasteiger partial charge is 0.340 e. The predicted octanol–water partition coefficient (Wildman–Crippen LogP) is 0.769. The third kappa shape index (κ3) is 2.17. The third-order valence-electron chi connectivity index (χ3n) is 2.87. The molecule has 0 spiro atoms. The zero-order valence-corrected chi connectivity index (χ0v) is 10.9. The number of hydrogen-bond donors (Lipinski definition) is 1. The first-order valence-electron chi connectivity index (χ1n) is 5.43. The van der Waals surface area contributed by atoms with Crippen LogP contribution in [0.4, 0.5) is 0 Å². The molecule has 1 unspecified atom stereocenters. The van der Waals surface area contributed by atoms with Crippen LogP contribution in [0.15, 0.2) is 11.6 Å². The monoisotopic (exact) mass is 253 g/mol. The van der Waals surface area contributed by atoms with E-state index in [9.17, 15) is 9.59 Å². The maximum Gasteiger partial charge on any atom is 0.248 e. The summed E-state index contributed by atoms with van der Waals surface area (Å²) in [6.45, 7) is 5.56. The Bertz CT molecular complexity index is 442. The summed E-state index contributed by atoms with van der Waals surface area (Å²) in [6.07, 6.45) is 1.70. The van der Waals surface area contributed by atoms with Crippen LogP contribution in [-0.4, -0.2) is 33.3 Å². The molecule has 0 bridgehead atoms. The van der Waals surface area contributed by atoms with E-state index in [0.29, 0.717) is 6.54 Å². The van der Waals surface area contributed by atoms with Gasteiger partial charge in [-0.05, 0) is 20.8 Å². The third-order valence-corrected chi connectivity index (χ3v) is 3.63. The Morgan fingerprint density at radius 3 is 2.82 bits per heavy atom. The number of thiazole rings is 1. The zero-order valence-electron chi connectivity index (χ0n) is 10.1. The van der Waals surface area contributed by atoms with Crippen LogP contribution in [0.1, 0.15) is 25.8 Å². The SMILES string of the molecule is CC1C(=O)NC(C)(C)C(=O)N1Cc1nccs1. The van der Waals surface area contributed by atoms with Crippen molar-refractivity contribution in [3.8, 4) is 0 Å². The normalized spacial score (nSPS) is 23.7. The second-order valence-electron chi connectivity index (χ2n) is 4.65. The molecule has 17 heavy (non-hydrogen) atoms. The number of aromatic nitrogens is 1. The van der Waals surface area contributed by atoms with Gasteiger partial charge in [-0.1, -0.05) is 0 Å². The molecule has 0 saturated carbocycles. The van der Waals surface area contributed by atoms with Crippen LogP contribution >= 0.6 is 11.3 Å². The van der Waals surface area contributed by atoms with Gasteiger partial charge in [0, 0.05) is 11.6 Å². The highest BCUT2D eigenvalue weighted by atomic mass is 32.1. The molecule has 1 aliphatic heterocycles. The highest BCUT2D eigenvalue weighted by Crippen LogP contribution is 2.20. The minimum Gasteiger partial charge on any atom is -0.340 e. The molecule has 2 heterocycles. The number of hydrogen-bond acceptors (Lipinski definition) is 4. The standard InChI is InChI=1S/C11H15N3O2S/c1-7-9(15)13-11(2,3)10(16)14(7)6-8-12-4-5-17-8/h4-5,7H,6H2,1-3H3,(H,13,15). The van der Waals surface area contributed by atoms with E-state index in [0.717, 1.165) is 5.01 Å². The van der Waals surface area contributed by atoms with E-state index in [1.54, 1.807) is 31.9 Å². The van der Waals surface area contributed by atoms with Gasteiger partial charge in [0.2, 0.25) is 11.8 Å². The molecule has 92 valence electrons. The van der Waals surface area contributed by atoms with E-state index in [-0.39, 0.29) is 11.8 Å². The summed E-state index contributed by atoms with van der Waals surface area (Å²) in [4.78, 5) is 29.7. The zero-order chi connectivity index (χ0) is 12.6. The molecule has 1 aliphatic rings. The number of rotatable bonds is 2. The highest BCUT2D eigenvalue weighted by molar-refractivity contribution is 7.09. The van der Waals surface area contributed by atoms with Crippen LogP contribution < -0.4 is 5.32 Å². The van der Waals surface area contributed by atoms with E-state index in [1.807, 2.05) is 5.38 Å². The van der Waals surface area contributed by atoms with Crippen molar-refractivity contribution in [3.63, 3.8) is 0 Å². The topological polar surface area (TPSA) is 62.3 Å². The van der Waals surface area contributed by atoms with Crippen molar-refractivity contribution in [3.05, 3.63) is 16.6 Å². The molecule has 5 nitrogen and oxygen atoms in total. The van der Waals surface area contributed by atoms with Crippen molar-refractivity contribution >= 4 is 23.2 Å². The van der Waals surface area contributed by atoms with Gasteiger partial charge < -0.3 is 10.2 Å². The predicted molar refractivity (Wildman–Crippen MR) is 64.3 cm³/mol. The molecule has 1 fully saturated rings. The molecular formula is C11H15N3O2S. The Morgan fingerprint density at radius 2 is 2.24 bits per heavy atom. The summed E-state index contributed by atoms with van der Waals surface area (Å²) < 4.78 is 0. The first-order chi connectivity index (χ1) is 7.92. The van der Waals surface area contributed by atoms with Crippen LogP contribution in [0.5, 0.6) is 0 Å². The van der Waals surface area contributed by atoms with Crippen molar-refractivity contribution in [1.29, 1.82) is 0 Å². The van der Waals surface area contributed by atoms with Crippen molar-refractivity contribution in [2.24, 2.45) is 0 Å². The van der Waals surface area contributed by atoms with Gasteiger partial charge in [-0.3, -0.25) is 9.59 Å². The van der Waals surface area contributed by atoms with Gasteiger partial charge >= 0.3 is 0 Å². The van der Waals surface area contributed by atoms with Crippen molar-refractivity contribution in [2.45, 2.75) is 38.9 Å². The lowest BCUT2D eigenvalue weighted by Gasteiger charge is -2.41. The Hall–Kier alpha value is -1.43. The fraction of sp³-hybridized carbons (Fsp3) is 0.545. The van der Waals surface area contributed by atoms with Crippen LogP contribution in [0.2, 0.25) is 0 Å². The van der Waals surface area contributed by atoms with Gasteiger partial charge in [-0.25, -0.2) is 4.98 Å². The van der Waals surface area contributed by atoms with Gasteiger partial charge in [-0.15, -0.1) is 11.3 Å².